The summed E-state index contributed by atoms with van der Waals surface area (Å²) in [5.74, 6) is -0.138. The summed E-state index contributed by atoms with van der Waals surface area (Å²) in [6.45, 7) is 0.0621. The summed E-state index contributed by atoms with van der Waals surface area (Å²) < 4.78 is 59.6. The molecule has 102 valence electrons. The lowest BCUT2D eigenvalue weighted by molar-refractivity contribution is -0.137. The first-order chi connectivity index (χ1) is 8.08. The molecule has 18 heavy (non-hydrogen) atoms. The number of sulfone groups is 1. The Morgan fingerprint density at radius 1 is 1.28 bits per heavy atom. The molecule has 0 bridgehead atoms. The van der Waals surface area contributed by atoms with Crippen molar-refractivity contribution < 1.29 is 21.6 Å². The fourth-order valence-electron chi connectivity index (χ4n) is 1.24. The van der Waals surface area contributed by atoms with Crippen LogP contribution in [0, 0.1) is 0 Å². The number of halogens is 4. The summed E-state index contributed by atoms with van der Waals surface area (Å²) in [7, 11) is -3.14. The summed E-state index contributed by atoms with van der Waals surface area (Å²) in [5.41, 5.74) is -0.570. The molecule has 1 rings (SSSR count). The highest BCUT2D eigenvalue weighted by Crippen LogP contribution is 2.33. The number of anilines is 1. The van der Waals surface area contributed by atoms with Crippen LogP contribution in [0.1, 0.15) is 5.56 Å². The SMILES string of the molecule is CS(=O)(=O)CCNc1cc(Br)cc(C(F)(F)F)c1. The van der Waals surface area contributed by atoms with Gasteiger partial charge in [0, 0.05) is 23.0 Å². The Kier molecular flexibility index (Phi) is 4.66. The van der Waals surface area contributed by atoms with Gasteiger partial charge in [-0.1, -0.05) is 15.9 Å². The van der Waals surface area contributed by atoms with E-state index >= 15 is 0 Å². The molecule has 0 aliphatic heterocycles. The zero-order chi connectivity index (χ0) is 14.0. The first-order valence-corrected chi connectivity index (χ1v) is 7.73. The van der Waals surface area contributed by atoms with Gasteiger partial charge in [0.25, 0.3) is 0 Å². The van der Waals surface area contributed by atoms with Crippen LogP contribution in [-0.4, -0.2) is 27.0 Å². The normalized spacial score (nSPS) is 12.5. The third-order valence-corrected chi connectivity index (χ3v) is 3.43. The molecule has 0 aliphatic rings. The van der Waals surface area contributed by atoms with Gasteiger partial charge in [0.1, 0.15) is 9.84 Å². The van der Waals surface area contributed by atoms with Crippen LogP contribution >= 0.6 is 15.9 Å². The van der Waals surface area contributed by atoms with Gasteiger partial charge < -0.3 is 5.32 Å². The fourth-order valence-corrected chi connectivity index (χ4v) is 2.20. The number of alkyl halides is 3. The Morgan fingerprint density at radius 3 is 2.39 bits per heavy atom. The lowest BCUT2D eigenvalue weighted by Crippen LogP contribution is -2.14. The molecular weight excluding hydrogens is 335 g/mol. The number of hydrogen-bond acceptors (Lipinski definition) is 3. The Morgan fingerprint density at radius 2 is 1.89 bits per heavy atom. The van der Waals surface area contributed by atoms with Crippen LogP contribution < -0.4 is 5.32 Å². The lowest BCUT2D eigenvalue weighted by atomic mass is 10.2. The maximum Gasteiger partial charge on any atom is 0.416 e. The highest BCUT2D eigenvalue weighted by Gasteiger charge is 2.31. The first-order valence-electron chi connectivity index (χ1n) is 4.87. The van der Waals surface area contributed by atoms with Crippen molar-refractivity contribution in [2.24, 2.45) is 0 Å². The maximum absolute atomic E-state index is 12.5. The largest absolute Gasteiger partial charge is 0.416 e. The third kappa shape index (κ3) is 5.26. The van der Waals surface area contributed by atoms with E-state index in [-0.39, 0.29) is 22.5 Å². The fraction of sp³-hybridized carbons (Fsp3) is 0.400. The molecule has 1 N–H and O–H groups in total. The van der Waals surface area contributed by atoms with Crippen LogP contribution in [0.2, 0.25) is 0 Å². The van der Waals surface area contributed by atoms with E-state index in [9.17, 15) is 21.6 Å². The van der Waals surface area contributed by atoms with Gasteiger partial charge in [0.05, 0.1) is 11.3 Å². The molecule has 8 heteroatoms. The van der Waals surface area contributed by atoms with E-state index in [2.05, 4.69) is 21.2 Å². The van der Waals surface area contributed by atoms with Crippen LogP contribution in [-0.2, 0) is 16.0 Å². The number of nitrogens with one attached hydrogen (secondary N) is 1. The molecule has 0 heterocycles. The Labute approximate surface area is 111 Å². The van der Waals surface area contributed by atoms with E-state index in [1.807, 2.05) is 0 Å². The molecule has 1 aromatic carbocycles. The quantitative estimate of drug-likeness (QED) is 0.912. The average Bonchev–Trinajstić information content (AvgIpc) is 2.13. The molecule has 1 aromatic rings. The molecule has 0 amide bonds. The van der Waals surface area contributed by atoms with Crippen molar-refractivity contribution in [1.82, 2.24) is 0 Å². The van der Waals surface area contributed by atoms with Crippen molar-refractivity contribution in [3.05, 3.63) is 28.2 Å². The highest BCUT2D eigenvalue weighted by molar-refractivity contribution is 9.10. The average molecular weight is 346 g/mol. The van der Waals surface area contributed by atoms with Crippen molar-refractivity contribution in [3.8, 4) is 0 Å². The zero-order valence-electron chi connectivity index (χ0n) is 9.38. The Hall–Kier alpha value is -0.760. The number of benzene rings is 1. The zero-order valence-corrected chi connectivity index (χ0v) is 11.8. The number of rotatable bonds is 4. The van der Waals surface area contributed by atoms with Crippen LogP contribution in [0.3, 0.4) is 0 Å². The first kappa shape index (κ1) is 15.3. The van der Waals surface area contributed by atoms with Crippen molar-refractivity contribution in [1.29, 1.82) is 0 Å². The minimum absolute atomic E-state index is 0.0621. The van der Waals surface area contributed by atoms with Crippen LogP contribution in [0.5, 0.6) is 0 Å². The molecule has 0 aromatic heterocycles. The topological polar surface area (TPSA) is 46.2 Å². The molecule has 0 saturated heterocycles. The molecule has 0 saturated carbocycles. The molecule has 3 nitrogen and oxygen atoms in total. The van der Waals surface area contributed by atoms with Crippen molar-refractivity contribution in [2.45, 2.75) is 6.18 Å². The summed E-state index contributed by atoms with van der Waals surface area (Å²) in [4.78, 5) is 0. The van der Waals surface area contributed by atoms with Gasteiger partial charge in [0.15, 0.2) is 0 Å². The standard InChI is InChI=1S/C10H11BrF3NO2S/c1-18(16,17)3-2-15-9-5-7(10(12,13)14)4-8(11)6-9/h4-6,15H,2-3H2,1H3. The van der Waals surface area contributed by atoms with Crippen molar-refractivity contribution in [2.75, 3.05) is 23.9 Å². The van der Waals surface area contributed by atoms with Crippen LogP contribution in [0.4, 0.5) is 18.9 Å². The van der Waals surface area contributed by atoms with Crippen LogP contribution in [0.25, 0.3) is 0 Å². The van der Waals surface area contributed by atoms with Crippen molar-refractivity contribution in [3.63, 3.8) is 0 Å². The third-order valence-electron chi connectivity index (χ3n) is 2.03. The molecule has 0 unspecified atom stereocenters. The van der Waals surface area contributed by atoms with Gasteiger partial charge in [-0.2, -0.15) is 13.2 Å². The summed E-state index contributed by atoms with van der Waals surface area (Å²) in [6, 6.07) is 3.35. The summed E-state index contributed by atoms with van der Waals surface area (Å²) >= 11 is 2.98. The van der Waals surface area contributed by atoms with Gasteiger partial charge in [0.2, 0.25) is 0 Å². The second-order valence-corrected chi connectivity index (χ2v) is 6.96. The predicted molar refractivity (Wildman–Crippen MR) is 67.3 cm³/mol. The molecular formula is C10H11BrF3NO2S. The maximum atomic E-state index is 12.5. The smallest absolute Gasteiger partial charge is 0.384 e. The molecule has 0 spiro atoms. The van der Waals surface area contributed by atoms with E-state index in [4.69, 9.17) is 0 Å². The van der Waals surface area contributed by atoms with Gasteiger partial charge in [-0.05, 0) is 18.2 Å². The Bertz CT molecular complexity index is 528. The van der Waals surface area contributed by atoms with E-state index < -0.39 is 21.6 Å². The van der Waals surface area contributed by atoms with E-state index in [1.165, 1.54) is 6.07 Å². The summed E-state index contributed by atoms with van der Waals surface area (Å²) in [6.07, 6.45) is -3.37. The minimum atomic E-state index is -4.43. The lowest BCUT2D eigenvalue weighted by Gasteiger charge is -2.11. The molecule has 0 radical (unpaired) electrons. The number of hydrogen-bond donors (Lipinski definition) is 1. The van der Waals surface area contributed by atoms with E-state index in [0.717, 1.165) is 18.4 Å². The molecule has 0 fully saturated rings. The van der Waals surface area contributed by atoms with E-state index in [1.54, 1.807) is 0 Å². The predicted octanol–water partition coefficient (Wildman–Crippen LogP) is 2.92. The molecule has 0 atom stereocenters. The monoisotopic (exact) mass is 345 g/mol. The van der Waals surface area contributed by atoms with Gasteiger partial charge in [-0.25, -0.2) is 8.42 Å². The van der Waals surface area contributed by atoms with E-state index in [0.29, 0.717) is 0 Å². The van der Waals surface area contributed by atoms with Gasteiger partial charge >= 0.3 is 6.18 Å². The van der Waals surface area contributed by atoms with Gasteiger partial charge in [-0.3, -0.25) is 0 Å². The van der Waals surface area contributed by atoms with Gasteiger partial charge in [-0.15, -0.1) is 0 Å². The van der Waals surface area contributed by atoms with Crippen molar-refractivity contribution >= 4 is 31.5 Å². The van der Waals surface area contributed by atoms with Crippen LogP contribution in [0.15, 0.2) is 22.7 Å². The minimum Gasteiger partial charge on any atom is -0.384 e. The Balaban J connectivity index is 2.81. The highest BCUT2D eigenvalue weighted by atomic mass is 79.9. The second kappa shape index (κ2) is 5.48. The summed E-state index contributed by atoms with van der Waals surface area (Å²) in [5, 5.41) is 2.65. The second-order valence-electron chi connectivity index (χ2n) is 3.78. The molecule has 0 aliphatic carbocycles.